The highest BCUT2D eigenvalue weighted by molar-refractivity contribution is 5.98. The van der Waals surface area contributed by atoms with Gasteiger partial charge in [-0.15, -0.1) is 0 Å². The molecule has 1 aliphatic heterocycles. The van der Waals surface area contributed by atoms with Crippen molar-refractivity contribution < 1.29 is 9.90 Å². The van der Waals surface area contributed by atoms with Gasteiger partial charge in [0.2, 0.25) is 5.91 Å². The van der Waals surface area contributed by atoms with E-state index in [-0.39, 0.29) is 30.1 Å². The lowest BCUT2D eigenvalue weighted by atomic mass is 9.96. The zero-order valence-electron chi connectivity index (χ0n) is 13.1. The molecule has 1 amide bonds. The van der Waals surface area contributed by atoms with E-state index >= 15 is 0 Å². The van der Waals surface area contributed by atoms with Crippen LogP contribution in [0.2, 0.25) is 0 Å². The smallest absolute Gasteiger partial charge is 0.231 e. The molecule has 1 atom stereocenters. The van der Waals surface area contributed by atoms with Crippen molar-refractivity contribution in [2.75, 3.05) is 7.05 Å². The zero-order valence-corrected chi connectivity index (χ0v) is 13.1. The third kappa shape index (κ3) is 2.79. The molecule has 2 aromatic rings. The van der Waals surface area contributed by atoms with Gasteiger partial charge in [0.05, 0.1) is 24.1 Å². The van der Waals surface area contributed by atoms with Crippen LogP contribution in [0.25, 0.3) is 11.1 Å². The number of nitrogens with zero attached hydrogens (tertiary/aromatic N) is 3. The van der Waals surface area contributed by atoms with Crippen molar-refractivity contribution in [2.45, 2.75) is 12.5 Å². The van der Waals surface area contributed by atoms with Gasteiger partial charge in [0.15, 0.2) is 5.96 Å². The van der Waals surface area contributed by atoms with Crippen LogP contribution in [0.1, 0.15) is 23.6 Å². The molecule has 1 heterocycles. The van der Waals surface area contributed by atoms with E-state index in [2.05, 4.69) is 11.1 Å². The van der Waals surface area contributed by atoms with Gasteiger partial charge in [0.1, 0.15) is 5.75 Å². The molecule has 120 valence electrons. The number of amides is 1. The Hall–Kier alpha value is -3.33. The Morgan fingerprint density at radius 3 is 2.83 bits per heavy atom. The summed E-state index contributed by atoms with van der Waals surface area (Å²) in [6, 6.07) is 13.8. The van der Waals surface area contributed by atoms with Gasteiger partial charge in [-0.05, 0) is 35.4 Å². The standard InChI is InChI=1S/C18H16N4O2/c1-22-17(24)9-15(21-18(22)20)13-4-2-3-12(8-13)14-7-11(10-19)5-6-16(14)23/h2-8,15,23H,9H2,1H3,(H2,20,21)/t15-/m0/s1. The Balaban J connectivity index is 2.02. The van der Waals surface area contributed by atoms with Crippen molar-refractivity contribution in [3.63, 3.8) is 0 Å². The summed E-state index contributed by atoms with van der Waals surface area (Å²) in [6.45, 7) is 0. The molecule has 0 saturated heterocycles. The normalized spacial score (nSPS) is 17.3. The van der Waals surface area contributed by atoms with Gasteiger partial charge in [0, 0.05) is 12.6 Å². The highest BCUT2D eigenvalue weighted by atomic mass is 16.3. The topological polar surface area (TPSA) is 103 Å². The lowest BCUT2D eigenvalue weighted by Crippen LogP contribution is -2.42. The number of benzene rings is 2. The van der Waals surface area contributed by atoms with E-state index < -0.39 is 0 Å². The number of rotatable bonds is 2. The SMILES string of the molecule is CN1C(=O)C[C@@H](c2cccc(-c3cc(C#N)ccc3O)c2)N=C1N. The number of nitriles is 1. The number of hydrogen-bond donors (Lipinski definition) is 2. The molecule has 24 heavy (non-hydrogen) atoms. The molecule has 2 aromatic carbocycles. The monoisotopic (exact) mass is 320 g/mol. The molecular formula is C18H16N4O2. The maximum Gasteiger partial charge on any atom is 0.231 e. The van der Waals surface area contributed by atoms with Crippen LogP contribution in [-0.2, 0) is 4.79 Å². The van der Waals surface area contributed by atoms with Crippen molar-refractivity contribution in [3.05, 3.63) is 53.6 Å². The van der Waals surface area contributed by atoms with Gasteiger partial charge in [-0.25, -0.2) is 4.99 Å². The Kier molecular flexibility index (Phi) is 3.92. The minimum Gasteiger partial charge on any atom is -0.507 e. The maximum atomic E-state index is 12.0. The zero-order chi connectivity index (χ0) is 17.3. The molecule has 6 nitrogen and oxygen atoms in total. The van der Waals surface area contributed by atoms with Crippen molar-refractivity contribution in [2.24, 2.45) is 10.7 Å². The summed E-state index contributed by atoms with van der Waals surface area (Å²) in [5.74, 6) is 0.192. The van der Waals surface area contributed by atoms with Gasteiger partial charge in [-0.3, -0.25) is 9.69 Å². The number of aromatic hydroxyl groups is 1. The lowest BCUT2D eigenvalue weighted by Gasteiger charge is -2.26. The molecule has 1 aliphatic rings. The van der Waals surface area contributed by atoms with Crippen LogP contribution in [-0.4, -0.2) is 28.9 Å². The molecule has 6 heteroatoms. The van der Waals surface area contributed by atoms with Crippen LogP contribution in [0.4, 0.5) is 0 Å². The van der Waals surface area contributed by atoms with E-state index in [0.717, 1.165) is 11.1 Å². The summed E-state index contributed by atoms with van der Waals surface area (Å²) in [5, 5.41) is 19.1. The van der Waals surface area contributed by atoms with Crippen LogP contribution >= 0.6 is 0 Å². The second kappa shape index (κ2) is 6.05. The Morgan fingerprint density at radius 1 is 1.33 bits per heavy atom. The molecule has 0 aliphatic carbocycles. The van der Waals surface area contributed by atoms with Crippen LogP contribution in [0.3, 0.4) is 0 Å². The van der Waals surface area contributed by atoms with E-state index in [1.54, 1.807) is 19.2 Å². The molecule has 0 bridgehead atoms. The van der Waals surface area contributed by atoms with Crippen molar-refractivity contribution in [3.8, 4) is 22.9 Å². The molecule has 0 unspecified atom stereocenters. The second-order valence-electron chi connectivity index (χ2n) is 5.63. The number of nitrogens with two attached hydrogens (primary N) is 1. The number of carbonyl (C=O) groups is 1. The maximum absolute atomic E-state index is 12.0. The minimum atomic E-state index is -0.352. The fourth-order valence-electron chi connectivity index (χ4n) is 2.66. The molecule has 0 saturated carbocycles. The predicted molar refractivity (Wildman–Crippen MR) is 90.0 cm³/mol. The first-order valence-electron chi connectivity index (χ1n) is 7.43. The van der Waals surface area contributed by atoms with E-state index in [0.29, 0.717) is 11.1 Å². The number of hydrogen-bond acceptors (Lipinski definition) is 5. The van der Waals surface area contributed by atoms with Gasteiger partial charge < -0.3 is 10.8 Å². The second-order valence-corrected chi connectivity index (χ2v) is 5.63. The molecule has 3 rings (SSSR count). The highest BCUT2D eigenvalue weighted by Crippen LogP contribution is 2.33. The minimum absolute atomic E-state index is 0.0905. The van der Waals surface area contributed by atoms with Crippen LogP contribution < -0.4 is 5.73 Å². The van der Waals surface area contributed by atoms with Gasteiger partial charge in [-0.1, -0.05) is 18.2 Å². The number of carbonyl (C=O) groups excluding carboxylic acids is 1. The van der Waals surface area contributed by atoms with E-state index in [9.17, 15) is 9.90 Å². The predicted octanol–water partition coefficient (Wildman–Crippen LogP) is 2.15. The fraction of sp³-hybridized carbons (Fsp3) is 0.167. The first-order valence-corrected chi connectivity index (χ1v) is 7.43. The molecule has 0 fully saturated rings. The number of phenols is 1. The van der Waals surface area contributed by atoms with E-state index in [4.69, 9.17) is 11.0 Å². The van der Waals surface area contributed by atoms with Gasteiger partial charge >= 0.3 is 0 Å². The van der Waals surface area contributed by atoms with Gasteiger partial charge in [-0.2, -0.15) is 5.26 Å². The molecular weight excluding hydrogens is 304 g/mol. The third-order valence-corrected chi connectivity index (χ3v) is 4.08. The summed E-state index contributed by atoms with van der Waals surface area (Å²) in [5.41, 5.74) is 8.40. The quantitative estimate of drug-likeness (QED) is 0.885. The van der Waals surface area contributed by atoms with E-state index in [1.165, 1.54) is 11.0 Å². The number of guanidine groups is 1. The molecule has 0 aromatic heterocycles. The average Bonchev–Trinajstić information content (AvgIpc) is 2.60. The largest absolute Gasteiger partial charge is 0.507 e. The fourth-order valence-corrected chi connectivity index (χ4v) is 2.66. The van der Waals surface area contributed by atoms with E-state index in [1.807, 2.05) is 24.3 Å². The Morgan fingerprint density at radius 2 is 2.12 bits per heavy atom. The van der Waals surface area contributed by atoms with Crippen molar-refractivity contribution in [1.29, 1.82) is 5.26 Å². The third-order valence-electron chi connectivity index (χ3n) is 4.08. The van der Waals surface area contributed by atoms with Crippen molar-refractivity contribution in [1.82, 2.24) is 4.90 Å². The van der Waals surface area contributed by atoms with Gasteiger partial charge in [0.25, 0.3) is 0 Å². The average molecular weight is 320 g/mol. The number of aliphatic imine (C=N–C) groups is 1. The first kappa shape index (κ1) is 15.6. The van der Waals surface area contributed by atoms with Crippen molar-refractivity contribution >= 4 is 11.9 Å². The Labute approximate surface area is 139 Å². The summed E-state index contributed by atoms with van der Waals surface area (Å²) in [6.07, 6.45) is 0.241. The molecule has 3 N–H and O–H groups in total. The summed E-state index contributed by atoms with van der Waals surface area (Å²) in [7, 11) is 1.60. The lowest BCUT2D eigenvalue weighted by molar-refractivity contribution is -0.127. The number of phenolic OH excluding ortho intramolecular Hbond substituents is 1. The Bertz CT molecular complexity index is 883. The first-order chi connectivity index (χ1) is 11.5. The molecule has 0 spiro atoms. The summed E-state index contributed by atoms with van der Waals surface area (Å²) in [4.78, 5) is 17.7. The van der Waals surface area contributed by atoms with Crippen LogP contribution in [0, 0.1) is 11.3 Å². The van der Waals surface area contributed by atoms with Crippen LogP contribution in [0.5, 0.6) is 5.75 Å². The highest BCUT2D eigenvalue weighted by Gasteiger charge is 2.25. The molecule has 0 radical (unpaired) electrons. The van der Waals surface area contributed by atoms with Crippen LogP contribution in [0.15, 0.2) is 47.5 Å². The summed E-state index contributed by atoms with van der Waals surface area (Å²) < 4.78 is 0. The summed E-state index contributed by atoms with van der Waals surface area (Å²) >= 11 is 0.